The van der Waals surface area contributed by atoms with E-state index >= 15 is 0 Å². The summed E-state index contributed by atoms with van der Waals surface area (Å²) in [4.78, 5) is 64.5. The number of fused-ring (bicyclic) bond motifs is 2. The van der Waals surface area contributed by atoms with E-state index in [1.54, 1.807) is 0 Å². The second kappa shape index (κ2) is 5.14. The number of hydrogen-bond donors (Lipinski definition) is 7. The van der Waals surface area contributed by atoms with Crippen LogP contribution in [0.5, 0.6) is 0 Å². The van der Waals surface area contributed by atoms with Crippen LogP contribution in [0, 0.1) is 0 Å². The van der Waals surface area contributed by atoms with Crippen LogP contribution in [0.25, 0.3) is 22.3 Å². The maximum absolute atomic E-state index is 11.0. The highest BCUT2D eigenvalue weighted by molar-refractivity contribution is 5.69. The van der Waals surface area contributed by atoms with Crippen molar-refractivity contribution in [3.8, 4) is 0 Å². The molecule has 0 aliphatic heterocycles. The van der Waals surface area contributed by atoms with Gasteiger partial charge in [0.2, 0.25) is 5.95 Å². The van der Waals surface area contributed by atoms with Crippen LogP contribution in [0.1, 0.15) is 0 Å². The SMILES string of the molecule is Nc1nc2nc[nH]c2c(=O)[nH]1.O=c1[nH]c(=O)c2[nH]c(=O)[nH]c2[nH]1. The number of aromatic amines is 6. The number of nitrogen functional groups attached to an aromatic ring is 1. The Morgan fingerprint density at radius 3 is 2.22 bits per heavy atom. The average molecular weight is 319 g/mol. The summed E-state index contributed by atoms with van der Waals surface area (Å²) in [5.41, 5.74) is 4.00. The van der Waals surface area contributed by atoms with E-state index in [1.807, 2.05) is 4.98 Å². The van der Waals surface area contributed by atoms with Crippen LogP contribution in [0.15, 0.2) is 25.5 Å². The lowest BCUT2D eigenvalue weighted by Crippen LogP contribution is -2.21. The Bertz CT molecular complexity index is 1220. The van der Waals surface area contributed by atoms with Gasteiger partial charge in [0.1, 0.15) is 11.2 Å². The zero-order valence-corrected chi connectivity index (χ0v) is 11.2. The number of anilines is 1. The molecular formula is C10H9N9O4. The highest BCUT2D eigenvalue weighted by Crippen LogP contribution is 1.98. The zero-order chi connectivity index (χ0) is 16.6. The fraction of sp³-hybridized carbons (Fsp3) is 0. The van der Waals surface area contributed by atoms with E-state index < -0.39 is 16.9 Å². The Morgan fingerprint density at radius 1 is 0.826 bits per heavy atom. The summed E-state index contributed by atoms with van der Waals surface area (Å²) in [6.07, 6.45) is 1.40. The number of H-pyrrole nitrogens is 6. The molecule has 0 aliphatic rings. The first kappa shape index (κ1) is 14.1. The smallest absolute Gasteiger partial charge is 0.327 e. The molecule has 0 fully saturated rings. The number of hydrogen-bond acceptors (Lipinski definition) is 7. The van der Waals surface area contributed by atoms with Crippen LogP contribution < -0.4 is 28.2 Å². The second-order valence-electron chi connectivity index (χ2n) is 4.29. The van der Waals surface area contributed by atoms with Crippen molar-refractivity contribution in [2.75, 3.05) is 5.73 Å². The minimum Gasteiger partial charge on any atom is -0.369 e. The van der Waals surface area contributed by atoms with Gasteiger partial charge in [-0.1, -0.05) is 0 Å². The predicted octanol–water partition coefficient (Wildman–Crippen LogP) is -2.54. The standard InChI is InChI=1S/C5H5N5O.C5H4N4O3/c6-5-9-3-2(4(11)10-5)7-1-8-3;10-3-1-2(7-4(11)6-1)8-5(12)9-3/h1H,(H4,6,7,8,9,10,11);(H4,6,7,8,9,10,11,12). The number of aromatic nitrogens is 8. The van der Waals surface area contributed by atoms with Gasteiger partial charge in [0.15, 0.2) is 11.2 Å². The highest BCUT2D eigenvalue weighted by Gasteiger charge is 2.02. The Kier molecular flexibility index (Phi) is 3.14. The van der Waals surface area contributed by atoms with Crippen molar-refractivity contribution in [3.63, 3.8) is 0 Å². The molecule has 8 N–H and O–H groups in total. The molecule has 0 bridgehead atoms. The molecule has 0 radical (unpaired) electrons. The Hall–Kier alpha value is -3.90. The van der Waals surface area contributed by atoms with Crippen molar-refractivity contribution in [3.05, 3.63) is 48.0 Å². The Morgan fingerprint density at radius 2 is 1.48 bits per heavy atom. The average Bonchev–Trinajstić information content (AvgIpc) is 3.05. The summed E-state index contributed by atoms with van der Waals surface area (Å²) in [5, 5.41) is 0. The Labute approximate surface area is 123 Å². The fourth-order valence-electron chi connectivity index (χ4n) is 1.82. The van der Waals surface area contributed by atoms with Crippen LogP contribution >= 0.6 is 0 Å². The molecule has 0 aromatic carbocycles. The summed E-state index contributed by atoms with van der Waals surface area (Å²) >= 11 is 0. The summed E-state index contributed by atoms with van der Waals surface area (Å²) in [7, 11) is 0. The van der Waals surface area contributed by atoms with Crippen molar-refractivity contribution in [1.29, 1.82) is 0 Å². The first-order chi connectivity index (χ1) is 10.9. The molecule has 4 aromatic rings. The molecule has 0 amide bonds. The van der Waals surface area contributed by atoms with Gasteiger partial charge in [0.05, 0.1) is 6.33 Å². The van der Waals surface area contributed by atoms with E-state index in [-0.39, 0.29) is 22.7 Å². The number of nitrogens with zero attached hydrogens (tertiary/aromatic N) is 2. The van der Waals surface area contributed by atoms with Crippen LogP contribution in [0.3, 0.4) is 0 Å². The van der Waals surface area contributed by atoms with Gasteiger partial charge in [-0.25, -0.2) is 14.6 Å². The van der Waals surface area contributed by atoms with Crippen molar-refractivity contribution in [2.45, 2.75) is 0 Å². The fourth-order valence-corrected chi connectivity index (χ4v) is 1.82. The molecule has 0 saturated heterocycles. The van der Waals surface area contributed by atoms with E-state index in [4.69, 9.17) is 5.73 Å². The van der Waals surface area contributed by atoms with E-state index in [0.29, 0.717) is 11.2 Å². The van der Waals surface area contributed by atoms with Gasteiger partial charge in [-0.3, -0.25) is 34.5 Å². The third kappa shape index (κ3) is 2.65. The number of rotatable bonds is 0. The zero-order valence-electron chi connectivity index (χ0n) is 11.2. The predicted molar refractivity (Wildman–Crippen MR) is 79.1 cm³/mol. The third-order valence-corrected chi connectivity index (χ3v) is 2.73. The van der Waals surface area contributed by atoms with Gasteiger partial charge in [0.25, 0.3) is 11.1 Å². The topological polar surface area (TPSA) is 215 Å². The third-order valence-electron chi connectivity index (χ3n) is 2.73. The maximum Gasteiger partial charge on any atom is 0.327 e. The lowest BCUT2D eigenvalue weighted by atomic mass is 10.5. The van der Waals surface area contributed by atoms with Crippen LogP contribution in [0.2, 0.25) is 0 Å². The molecule has 0 saturated carbocycles. The summed E-state index contributed by atoms with van der Waals surface area (Å²) in [6, 6.07) is 0. The van der Waals surface area contributed by atoms with Crippen LogP contribution in [-0.4, -0.2) is 39.9 Å². The van der Waals surface area contributed by atoms with Gasteiger partial charge in [-0.2, -0.15) is 4.98 Å². The first-order valence-electron chi connectivity index (χ1n) is 6.07. The quantitative estimate of drug-likeness (QED) is 0.184. The van der Waals surface area contributed by atoms with Crippen molar-refractivity contribution >= 4 is 28.3 Å². The van der Waals surface area contributed by atoms with E-state index in [1.165, 1.54) is 6.33 Å². The molecule has 118 valence electrons. The largest absolute Gasteiger partial charge is 0.369 e. The minimum atomic E-state index is -0.650. The number of imidazole rings is 2. The van der Waals surface area contributed by atoms with E-state index in [0.717, 1.165) is 0 Å². The van der Waals surface area contributed by atoms with Crippen molar-refractivity contribution in [1.82, 2.24) is 39.9 Å². The minimum absolute atomic E-state index is 0.0413. The van der Waals surface area contributed by atoms with Crippen molar-refractivity contribution in [2.24, 2.45) is 0 Å². The molecule has 13 heteroatoms. The molecule has 4 heterocycles. The Balaban J connectivity index is 0.000000136. The van der Waals surface area contributed by atoms with Gasteiger partial charge >= 0.3 is 11.4 Å². The second-order valence-corrected chi connectivity index (χ2v) is 4.29. The molecule has 4 aromatic heterocycles. The molecule has 13 nitrogen and oxygen atoms in total. The normalized spacial score (nSPS) is 10.6. The monoisotopic (exact) mass is 319 g/mol. The number of nitrogens with one attached hydrogen (secondary N) is 6. The van der Waals surface area contributed by atoms with Gasteiger partial charge in [-0.15, -0.1) is 0 Å². The highest BCUT2D eigenvalue weighted by atomic mass is 16.2. The molecule has 0 unspecified atom stereocenters. The van der Waals surface area contributed by atoms with Gasteiger partial charge in [-0.05, 0) is 0 Å². The van der Waals surface area contributed by atoms with Crippen LogP contribution in [0.4, 0.5) is 5.95 Å². The van der Waals surface area contributed by atoms with Crippen LogP contribution in [-0.2, 0) is 0 Å². The molecule has 23 heavy (non-hydrogen) atoms. The molecule has 0 atom stereocenters. The first-order valence-corrected chi connectivity index (χ1v) is 6.07. The summed E-state index contributed by atoms with van der Waals surface area (Å²) in [5.74, 6) is 0.0783. The maximum atomic E-state index is 11.0. The van der Waals surface area contributed by atoms with E-state index in [2.05, 4.69) is 34.9 Å². The molecule has 4 rings (SSSR count). The van der Waals surface area contributed by atoms with Gasteiger partial charge < -0.3 is 10.7 Å². The van der Waals surface area contributed by atoms with Crippen molar-refractivity contribution < 1.29 is 0 Å². The molecular weight excluding hydrogens is 310 g/mol. The number of nitrogens with two attached hydrogens (primary N) is 1. The lowest BCUT2D eigenvalue weighted by Gasteiger charge is -1.89. The molecule has 0 aliphatic carbocycles. The summed E-state index contributed by atoms with van der Waals surface area (Å²) < 4.78 is 0. The molecule has 0 spiro atoms. The van der Waals surface area contributed by atoms with E-state index in [9.17, 15) is 19.2 Å². The summed E-state index contributed by atoms with van der Waals surface area (Å²) in [6.45, 7) is 0. The van der Waals surface area contributed by atoms with Gasteiger partial charge in [0, 0.05) is 0 Å². The lowest BCUT2D eigenvalue weighted by molar-refractivity contribution is 1.07.